The second-order valence-corrected chi connectivity index (χ2v) is 7.38. The first-order chi connectivity index (χ1) is 12.0. The first-order valence-electron chi connectivity index (χ1n) is 8.76. The van der Waals surface area contributed by atoms with E-state index < -0.39 is 35.4 Å². The molecular weight excluding hydrogens is 340 g/mol. The van der Waals surface area contributed by atoms with Crippen LogP contribution < -0.4 is 21.7 Å². The van der Waals surface area contributed by atoms with Crippen LogP contribution in [-0.2, 0) is 23.9 Å². The predicted molar refractivity (Wildman–Crippen MR) is 95.0 cm³/mol. The van der Waals surface area contributed by atoms with Crippen LogP contribution in [0.2, 0.25) is 0 Å². The van der Waals surface area contributed by atoms with Crippen molar-refractivity contribution in [2.75, 3.05) is 19.7 Å². The van der Waals surface area contributed by atoms with Crippen LogP contribution in [0.15, 0.2) is 0 Å². The summed E-state index contributed by atoms with van der Waals surface area (Å²) < 4.78 is 5.15. The molecule has 3 unspecified atom stereocenters. The maximum absolute atomic E-state index is 12.4. The summed E-state index contributed by atoms with van der Waals surface area (Å²) in [5, 5.41) is 7.65. The molecule has 148 valence electrons. The Morgan fingerprint density at radius 3 is 1.92 bits per heavy atom. The standard InChI is InChI=1S/C17H30N4O5/c1-9(2)13(15(24)17(5)8-26-17)21-12(23)7-19-16(25)14(10(3)4)20-11(22)6-18/h9-10,13-14H,6-8,18H2,1-5H3,(H,19,25)(H,20,22)(H,21,23). The average molecular weight is 370 g/mol. The summed E-state index contributed by atoms with van der Waals surface area (Å²) in [6.07, 6.45) is 0. The van der Waals surface area contributed by atoms with Crippen LogP contribution in [0.1, 0.15) is 34.6 Å². The van der Waals surface area contributed by atoms with Gasteiger partial charge in [0.25, 0.3) is 0 Å². The van der Waals surface area contributed by atoms with Gasteiger partial charge in [-0.2, -0.15) is 0 Å². The highest BCUT2D eigenvalue weighted by Gasteiger charge is 2.50. The number of hydrogen-bond acceptors (Lipinski definition) is 6. The molecule has 1 saturated heterocycles. The number of Topliss-reactive ketones (excluding diaryl/α,β-unsaturated/α-hetero) is 1. The minimum atomic E-state index is -0.833. The number of rotatable bonds is 10. The molecule has 9 nitrogen and oxygen atoms in total. The smallest absolute Gasteiger partial charge is 0.243 e. The summed E-state index contributed by atoms with van der Waals surface area (Å²) in [5.41, 5.74) is 4.41. The van der Waals surface area contributed by atoms with E-state index in [4.69, 9.17) is 10.5 Å². The monoisotopic (exact) mass is 370 g/mol. The van der Waals surface area contributed by atoms with Gasteiger partial charge >= 0.3 is 0 Å². The van der Waals surface area contributed by atoms with E-state index in [9.17, 15) is 19.2 Å². The third-order valence-electron chi connectivity index (χ3n) is 4.24. The Balaban J connectivity index is 2.59. The lowest BCUT2D eigenvalue weighted by atomic mass is 9.92. The van der Waals surface area contributed by atoms with Crippen LogP contribution in [0.3, 0.4) is 0 Å². The molecule has 5 N–H and O–H groups in total. The Morgan fingerprint density at radius 1 is 1.00 bits per heavy atom. The summed E-state index contributed by atoms with van der Waals surface area (Å²) in [6.45, 7) is 8.69. The van der Waals surface area contributed by atoms with Gasteiger partial charge in [0.1, 0.15) is 11.6 Å². The number of carbonyl (C=O) groups excluding carboxylic acids is 4. The van der Waals surface area contributed by atoms with Crippen molar-refractivity contribution in [3.63, 3.8) is 0 Å². The Labute approximate surface area is 153 Å². The van der Waals surface area contributed by atoms with Crippen molar-refractivity contribution in [3.8, 4) is 0 Å². The second-order valence-electron chi connectivity index (χ2n) is 7.38. The van der Waals surface area contributed by atoms with E-state index in [1.807, 2.05) is 13.8 Å². The molecule has 0 radical (unpaired) electrons. The number of amides is 3. The van der Waals surface area contributed by atoms with Crippen LogP contribution >= 0.6 is 0 Å². The molecule has 0 bridgehead atoms. The Morgan fingerprint density at radius 2 is 1.50 bits per heavy atom. The number of nitrogens with one attached hydrogen (secondary N) is 3. The minimum Gasteiger partial charge on any atom is -0.361 e. The number of epoxide rings is 1. The minimum absolute atomic E-state index is 0.115. The summed E-state index contributed by atoms with van der Waals surface area (Å²) in [5.74, 6) is -1.89. The molecule has 1 aliphatic heterocycles. The van der Waals surface area contributed by atoms with Crippen LogP contribution in [0.25, 0.3) is 0 Å². The lowest BCUT2D eigenvalue weighted by Gasteiger charge is -2.24. The summed E-state index contributed by atoms with van der Waals surface area (Å²) >= 11 is 0. The maximum atomic E-state index is 12.4. The summed E-state index contributed by atoms with van der Waals surface area (Å²) in [4.78, 5) is 48.2. The van der Waals surface area contributed by atoms with Crippen molar-refractivity contribution < 1.29 is 23.9 Å². The third kappa shape index (κ3) is 6.06. The number of carbonyl (C=O) groups is 4. The zero-order chi connectivity index (χ0) is 20.1. The largest absolute Gasteiger partial charge is 0.361 e. The van der Waals surface area contributed by atoms with Gasteiger partial charge in [-0.3, -0.25) is 19.2 Å². The molecule has 1 fully saturated rings. The SMILES string of the molecule is CC(C)C(NC(=O)CN)C(=O)NCC(=O)NC(C(=O)C1(C)CO1)C(C)C. The van der Waals surface area contributed by atoms with Crippen LogP contribution in [-0.4, -0.2) is 60.9 Å². The van der Waals surface area contributed by atoms with Crippen molar-refractivity contribution in [1.82, 2.24) is 16.0 Å². The summed E-state index contributed by atoms with van der Waals surface area (Å²) in [6, 6.07) is -1.48. The molecule has 26 heavy (non-hydrogen) atoms. The molecule has 0 saturated carbocycles. The molecule has 0 aromatic carbocycles. The van der Waals surface area contributed by atoms with Gasteiger partial charge in [0.05, 0.1) is 25.7 Å². The number of nitrogens with two attached hydrogens (primary N) is 1. The maximum Gasteiger partial charge on any atom is 0.243 e. The van der Waals surface area contributed by atoms with Crippen molar-refractivity contribution in [2.45, 2.75) is 52.3 Å². The van der Waals surface area contributed by atoms with Gasteiger partial charge < -0.3 is 26.4 Å². The van der Waals surface area contributed by atoms with E-state index >= 15 is 0 Å². The molecule has 0 aliphatic carbocycles. The zero-order valence-corrected chi connectivity index (χ0v) is 16.0. The van der Waals surface area contributed by atoms with Gasteiger partial charge in [0.15, 0.2) is 5.78 Å². The zero-order valence-electron chi connectivity index (χ0n) is 16.0. The number of hydrogen-bond donors (Lipinski definition) is 4. The van der Waals surface area contributed by atoms with Crippen molar-refractivity contribution in [2.24, 2.45) is 17.6 Å². The van der Waals surface area contributed by atoms with Gasteiger partial charge in [-0.15, -0.1) is 0 Å². The molecule has 1 aliphatic rings. The van der Waals surface area contributed by atoms with Crippen LogP contribution in [0.4, 0.5) is 0 Å². The van der Waals surface area contributed by atoms with E-state index in [1.165, 1.54) is 0 Å². The van der Waals surface area contributed by atoms with Crippen molar-refractivity contribution in [1.29, 1.82) is 0 Å². The fraction of sp³-hybridized carbons (Fsp3) is 0.765. The molecule has 0 spiro atoms. The third-order valence-corrected chi connectivity index (χ3v) is 4.24. The molecule has 9 heteroatoms. The molecule has 3 atom stereocenters. The highest BCUT2D eigenvalue weighted by atomic mass is 16.6. The topological polar surface area (TPSA) is 143 Å². The highest BCUT2D eigenvalue weighted by molar-refractivity contribution is 5.97. The van der Waals surface area contributed by atoms with E-state index in [0.717, 1.165) is 0 Å². The van der Waals surface area contributed by atoms with Crippen molar-refractivity contribution in [3.05, 3.63) is 0 Å². The van der Waals surface area contributed by atoms with E-state index in [-0.39, 0.29) is 30.7 Å². The van der Waals surface area contributed by atoms with Gasteiger partial charge in [-0.1, -0.05) is 27.7 Å². The Bertz CT molecular complexity index is 557. The molecule has 3 amide bonds. The number of ketones is 1. The first-order valence-corrected chi connectivity index (χ1v) is 8.76. The van der Waals surface area contributed by atoms with E-state index in [2.05, 4.69) is 16.0 Å². The molecule has 0 aromatic rings. The van der Waals surface area contributed by atoms with Gasteiger partial charge in [-0.05, 0) is 18.8 Å². The highest BCUT2D eigenvalue weighted by Crippen LogP contribution is 2.29. The lowest BCUT2D eigenvalue weighted by molar-refractivity contribution is -0.133. The van der Waals surface area contributed by atoms with Crippen molar-refractivity contribution >= 4 is 23.5 Å². The Kier molecular flexibility index (Phi) is 7.70. The lowest BCUT2D eigenvalue weighted by Crippen LogP contribution is -2.54. The second kappa shape index (κ2) is 9.09. The molecule has 1 rings (SSSR count). The van der Waals surface area contributed by atoms with Gasteiger partial charge in [-0.25, -0.2) is 0 Å². The molecular formula is C17H30N4O5. The fourth-order valence-electron chi connectivity index (χ4n) is 2.38. The van der Waals surface area contributed by atoms with Crippen LogP contribution in [0, 0.1) is 11.8 Å². The quantitative estimate of drug-likeness (QED) is 0.352. The normalized spacial score (nSPS) is 21.1. The van der Waals surface area contributed by atoms with Gasteiger partial charge in [0.2, 0.25) is 17.7 Å². The molecule has 1 heterocycles. The molecule has 0 aromatic heterocycles. The number of ether oxygens (including phenoxy) is 1. The Hall–Kier alpha value is -2.00. The first kappa shape index (κ1) is 22.0. The average Bonchev–Trinajstić information content (AvgIpc) is 3.32. The predicted octanol–water partition coefficient (Wildman–Crippen LogP) is -1.30. The van der Waals surface area contributed by atoms with E-state index in [1.54, 1.807) is 20.8 Å². The van der Waals surface area contributed by atoms with Crippen LogP contribution in [0.5, 0.6) is 0 Å². The van der Waals surface area contributed by atoms with E-state index in [0.29, 0.717) is 6.61 Å². The van der Waals surface area contributed by atoms with Gasteiger partial charge in [0, 0.05) is 0 Å². The summed E-state index contributed by atoms with van der Waals surface area (Å²) in [7, 11) is 0. The fourth-order valence-corrected chi connectivity index (χ4v) is 2.38.